The number of ketones is 1. The molecular weight excluding hydrogens is 396 g/mol. The molecule has 0 heterocycles. The fourth-order valence-corrected chi connectivity index (χ4v) is 4.49. The van der Waals surface area contributed by atoms with Gasteiger partial charge in [-0.15, -0.1) is 12.4 Å². The maximum absolute atomic E-state index is 12.4. The van der Waals surface area contributed by atoms with Gasteiger partial charge in [0.15, 0.2) is 5.78 Å². The molecule has 3 rings (SSSR count). The normalized spacial score (nSPS) is 17.9. The molecular formula is C25H39ClN2O2. The van der Waals surface area contributed by atoms with Crippen LogP contribution in [0.3, 0.4) is 0 Å². The van der Waals surface area contributed by atoms with Crippen molar-refractivity contribution in [1.82, 2.24) is 0 Å². The van der Waals surface area contributed by atoms with Gasteiger partial charge in [0.1, 0.15) is 5.84 Å². The van der Waals surface area contributed by atoms with Crippen LogP contribution in [0.1, 0.15) is 81.8 Å². The maximum atomic E-state index is 12.4. The average Bonchev–Trinajstić information content (AvgIpc) is 3.54. The van der Waals surface area contributed by atoms with Gasteiger partial charge in [0.25, 0.3) is 0 Å². The fourth-order valence-electron chi connectivity index (χ4n) is 4.49. The van der Waals surface area contributed by atoms with Crippen LogP contribution in [0.25, 0.3) is 0 Å². The minimum Gasteiger partial charge on any atom is -0.387 e. The summed E-state index contributed by atoms with van der Waals surface area (Å²) >= 11 is 0. The maximum Gasteiger partial charge on any atom is 0.150 e. The molecule has 0 radical (unpaired) electrons. The Morgan fingerprint density at radius 3 is 2.27 bits per heavy atom. The van der Waals surface area contributed by atoms with E-state index in [4.69, 9.17) is 15.9 Å². The van der Waals surface area contributed by atoms with Crippen LogP contribution in [0.15, 0.2) is 24.3 Å². The molecule has 1 aromatic rings. The minimum atomic E-state index is -0.640. The highest BCUT2D eigenvalue weighted by molar-refractivity contribution is 6.09. The molecule has 2 aliphatic rings. The number of halogens is 1. The minimum absolute atomic E-state index is 0. The molecule has 0 saturated heterocycles. The van der Waals surface area contributed by atoms with Crippen LogP contribution in [-0.2, 0) is 22.4 Å². The lowest BCUT2D eigenvalue weighted by atomic mass is 9.90. The molecule has 2 saturated carbocycles. The number of hydrogen-bond donors (Lipinski definition) is 2. The van der Waals surface area contributed by atoms with E-state index in [2.05, 4.69) is 24.3 Å². The second-order valence-electron chi connectivity index (χ2n) is 9.16. The van der Waals surface area contributed by atoms with Gasteiger partial charge in [-0.2, -0.15) is 0 Å². The van der Waals surface area contributed by atoms with Crippen molar-refractivity contribution in [3.63, 3.8) is 0 Å². The van der Waals surface area contributed by atoms with Crippen LogP contribution in [0.2, 0.25) is 0 Å². The highest BCUT2D eigenvalue weighted by Gasteiger charge is 2.52. The summed E-state index contributed by atoms with van der Waals surface area (Å²) in [5, 5.41) is 7.63. The van der Waals surface area contributed by atoms with Crippen molar-refractivity contribution in [3.8, 4) is 0 Å². The highest BCUT2D eigenvalue weighted by atomic mass is 35.5. The van der Waals surface area contributed by atoms with Crippen LogP contribution in [0.5, 0.6) is 0 Å². The largest absolute Gasteiger partial charge is 0.387 e. The Morgan fingerprint density at radius 1 is 1.00 bits per heavy atom. The number of unbranched alkanes of at least 4 members (excludes halogenated alkanes) is 3. The van der Waals surface area contributed by atoms with Gasteiger partial charge in [-0.1, -0.05) is 56.4 Å². The number of hydrogen-bond acceptors (Lipinski definition) is 3. The summed E-state index contributed by atoms with van der Waals surface area (Å²) in [5.41, 5.74) is 7.33. The molecule has 3 N–H and O–H groups in total. The SMILES string of the molecule is Cl.N=C(N)C1(C(=O)Cc2ccc(CCCCCCOCC3CCCCC3)cc2)CC1. The van der Waals surface area contributed by atoms with Crippen molar-refractivity contribution in [2.45, 2.75) is 83.5 Å². The van der Waals surface area contributed by atoms with E-state index in [1.807, 2.05) is 0 Å². The summed E-state index contributed by atoms with van der Waals surface area (Å²) in [6, 6.07) is 8.40. The summed E-state index contributed by atoms with van der Waals surface area (Å²) in [6.07, 6.45) is 14.8. The summed E-state index contributed by atoms with van der Waals surface area (Å²) in [7, 11) is 0. The zero-order valence-corrected chi connectivity index (χ0v) is 19.1. The van der Waals surface area contributed by atoms with E-state index in [1.165, 1.54) is 63.4 Å². The number of rotatable bonds is 13. The van der Waals surface area contributed by atoms with Crippen LogP contribution in [0.4, 0.5) is 0 Å². The second kappa shape index (κ2) is 12.5. The molecule has 0 unspecified atom stereocenters. The Kier molecular flexibility index (Phi) is 10.3. The Hall–Kier alpha value is -1.39. The molecule has 0 aromatic heterocycles. The molecule has 1 aromatic carbocycles. The van der Waals surface area contributed by atoms with Crippen LogP contribution >= 0.6 is 12.4 Å². The first-order chi connectivity index (χ1) is 14.1. The van der Waals surface area contributed by atoms with Gasteiger partial charge in [-0.25, -0.2) is 0 Å². The van der Waals surface area contributed by atoms with Gasteiger partial charge in [0.2, 0.25) is 0 Å². The van der Waals surface area contributed by atoms with Gasteiger partial charge in [0, 0.05) is 19.6 Å². The van der Waals surface area contributed by atoms with E-state index < -0.39 is 5.41 Å². The van der Waals surface area contributed by atoms with Crippen LogP contribution in [-0.4, -0.2) is 24.8 Å². The first kappa shape index (κ1) is 24.9. The number of carbonyl (C=O) groups is 1. The summed E-state index contributed by atoms with van der Waals surface area (Å²) in [4.78, 5) is 12.4. The number of carbonyl (C=O) groups excluding carboxylic acids is 1. The number of nitrogens with two attached hydrogens (primary N) is 1. The van der Waals surface area contributed by atoms with Crippen molar-refractivity contribution in [1.29, 1.82) is 5.41 Å². The number of ether oxygens (including phenoxy) is 1. The molecule has 2 fully saturated rings. The molecule has 0 aliphatic heterocycles. The predicted octanol–water partition coefficient (Wildman–Crippen LogP) is 5.64. The molecule has 168 valence electrons. The lowest BCUT2D eigenvalue weighted by Gasteiger charge is -2.21. The van der Waals surface area contributed by atoms with Crippen molar-refractivity contribution >= 4 is 24.0 Å². The zero-order valence-electron chi connectivity index (χ0n) is 18.3. The van der Waals surface area contributed by atoms with Gasteiger partial charge in [0.05, 0.1) is 5.41 Å². The molecule has 0 spiro atoms. The Balaban J connectivity index is 0.00000320. The van der Waals surface area contributed by atoms with Crippen molar-refractivity contribution in [2.24, 2.45) is 17.1 Å². The Morgan fingerprint density at radius 2 is 1.63 bits per heavy atom. The fraction of sp³-hybridized carbons (Fsp3) is 0.680. The monoisotopic (exact) mass is 434 g/mol. The molecule has 5 heteroatoms. The smallest absolute Gasteiger partial charge is 0.150 e. The van der Waals surface area contributed by atoms with Crippen molar-refractivity contribution in [2.75, 3.05) is 13.2 Å². The number of amidine groups is 1. The molecule has 0 bridgehead atoms. The van der Waals surface area contributed by atoms with E-state index in [-0.39, 0.29) is 24.0 Å². The third kappa shape index (κ3) is 7.39. The Bertz CT molecular complexity index is 664. The average molecular weight is 435 g/mol. The topological polar surface area (TPSA) is 76.2 Å². The lowest BCUT2D eigenvalue weighted by molar-refractivity contribution is -0.121. The second-order valence-corrected chi connectivity index (χ2v) is 9.16. The van der Waals surface area contributed by atoms with Gasteiger partial charge in [-0.05, 0) is 62.0 Å². The first-order valence-electron chi connectivity index (χ1n) is 11.6. The lowest BCUT2D eigenvalue weighted by Crippen LogP contribution is -2.32. The number of benzene rings is 1. The molecule has 2 aliphatic carbocycles. The molecule has 30 heavy (non-hydrogen) atoms. The quantitative estimate of drug-likeness (QED) is 0.240. The van der Waals surface area contributed by atoms with E-state index >= 15 is 0 Å². The summed E-state index contributed by atoms with van der Waals surface area (Å²) < 4.78 is 5.88. The molecule has 4 nitrogen and oxygen atoms in total. The number of aryl methyl sites for hydroxylation is 1. The highest BCUT2D eigenvalue weighted by Crippen LogP contribution is 2.47. The summed E-state index contributed by atoms with van der Waals surface area (Å²) in [5.74, 6) is 0.959. The van der Waals surface area contributed by atoms with Gasteiger partial charge in [-0.3, -0.25) is 10.2 Å². The first-order valence-corrected chi connectivity index (χ1v) is 11.6. The van der Waals surface area contributed by atoms with Crippen molar-refractivity contribution < 1.29 is 9.53 Å². The van der Waals surface area contributed by atoms with Gasteiger partial charge >= 0.3 is 0 Å². The molecule has 0 amide bonds. The zero-order chi connectivity index (χ0) is 20.5. The number of nitrogens with one attached hydrogen (secondary N) is 1. The van der Waals surface area contributed by atoms with E-state index in [0.29, 0.717) is 6.42 Å². The third-order valence-corrected chi connectivity index (χ3v) is 6.77. The standard InChI is InChI=1S/C25H38N2O2.ClH/c26-24(27)25(15-16-25)23(28)18-21-13-11-20(12-14-21)8-4-1-2-7-17-29-19-22-9-5-3-6-10-22;/h11-14,22H,1-10,15-19H2,(H3,26,27);1H. The third-order valence-electron chi connectivity index (χ3n) is 6.77. The van der Waals surface area contributed by atoms with Crippen molar-refractivity contribution in [3.05, 3.63) is 35.4 Å². The summed E-state index contributed by atoms with van der Waals surface area (Å²) in [6.45, 7) is 1.89. The molecule has 0 atom stereocenters. The van der Waals surface area contributed by atoms with E-state index in [0.717, 1.165) is 44.0 Å². The van der Waals surface area contributed by atoms with Crippen LogP contribution < -0.4 is 5.73 Å². The Labute approximate surface area is 188 Å². The van der Waals surface area contributed by atoms with E-state index in [1.54, 1.807) is 0 Å². The van der Waals surface area contributed by atoms with E-state index in [9.17, 15) is 4.79 Å². The van der Waals surface area contributed by atoms with Gasteiger partial charge < -0.3 is 10.5 Å². The number of Topliss-reactive ketones (excluding diaryl/α,β-unsaturated/α-hetero) is 1. The predicted molar refractivity (Wildman–Crippen MR) is 126 cm³/mol. The van der Waals surface area contributed by atoms with Crippen LogP contribution in [0, 0.1) is 16.7 Å².